The van der Waals surface area contributed by atoms with E-state index >= 15 is 0 Å². The van der Waals surface area contributed by atoms with Gasteiger partial charge in [0.05, 0.1) is 16.4 Å². The number of nitrogens with zero attached hydrogens (tertiary/aromatic N) is 1. The van der Waals surface area contributed by atoms with Crippen molar-refractivity contribution in [1.29, 1.82) is 0 Å². The SMILES string of the molecule is CN(C)c1c(Cl)cccc1NC(=O)CCCNC(=O)NC1CCCCC1. The molecule has 26 heavy (non-hydrogen) atoms. The van der Waals surface area contributed by atoms with Gasteiger partial charge in [-0.25, -0.2) is 4.79 Å². The number of hydrogen-bond donors (Lipinski definition) is 3. The Kier molecular flexibility index (Phi) is 8.04. The standard InChI is InChI=1S/C19H29ClN4O2/c1-24(2)18-15(20)10-6-11-16(18)23-17(25)12-7-13-21-19(26)22-14-8-4-3-5-9-14/h6,10-11,14H,3-5,7-9,12-13H2,1-2H3,(H,23,25)(H2,21,22,26). The third-order valence-corrected chi connectivity index (χ3v) is 4.82. The van der Waals surface area contributed by atoms with Crippen LogP contribution in [-0.2, 0) is 4.79 Å². The van der Waals surface area contributed by atoms with Crippen LogP contribution in [0.2, 0.25) is 5.02 Å². The fourth-order valence-electron chi connectivity index (χ4n) is 3.22. The van der Waals surface area contributed by atoms with Crippen LogP contribution in [0.1, 0.15) is 44.9 Å². The maximum atomic E-state index is 12.2. The summed E-state index contributed by atoms with van der Waals surface area (Å²) in [5, 5.41) is 9.32. The van der Waals surface area contributed by atoms with Crippen molar-refractivity contribution >= 4 is 34.9 Å². The van der Waals surface area contributed by atoms with Gasteiger partial charge in [0, 0.05) is 33.1 Å². The summed E-state index contributed by atoms with van der Waals surface area (Å²) in [6.07, 6.45) is 6.67. The molecular weight excluding hydrogens is 352 g/mol. The fraction of sp³-hybridized carbons (Fsp3) is 0.579. The minimum atomic E-state index is -0.137. The molecule has 0 unspecified atom stereocenters. The molecule has 1 aliphatic rings. The van der Waals surface area contributed by atoms with E-state index in [-0.39, 0.29) is 11.9 Å². The molecule has 0 atom stereocenters. The average molecular weight is 381 g/mol. The summed E-state index contributed by atoms with van der Waals surface area (Å²) in [7, 11) is 3.76. The highest BCUT2D eigenvalue weighted by atomic mass is 35.5. The normalized spacial score (nSPS) is 14.6. The second-order valence-corrected chi connectivity index (χ2v) is 7.32. The van der Waals surface area contributed by atoms with E-state index in [1.54, 1.807) is 6.07 Å². The molecule has 0 spiro atoms. The Morgan fingerprint density at radius 2 is 1.92 bits per heavy atom. The smallest absolute Gasteiger partial charge is 0.315 e. The van der Waals surface area contributed by atoms with E-state index < -0.39 is 0 Å². The van der Waals surface area contributed by atoms with Gasteiger partial charge in [0.1, 0.15) is 0 Å². The number of benzene rings is 1. The maximum absolute atomic E-state index is 12.2. The molecule has 1 aliphatic carbocycles. The Hall–Kier alpha value is -1.95. The topological polar surface area (TPSA) is 73.5 Å². The van der Waals surface area contributed by atoms with Crippen LogP contribution in [0.5, 0.6) is 0 Å². The highest BCUT2D eigenvalue weighted by Crippen LogP contribution is 2.32. The lowest BCUT2D eigenvalue weighted by atomic mass is 9.96. The molecule has 1 aromatic rings. The molecule has 3 N–H and O–H groups in total. The van der Waals surface area contributed by atoms with Crippen molar-refractivity contribution in [3.63, 3.8) is 0 Å². The molecule has 6 nitrogen and oxygen atoms in total. The van der Waals surface area contributed by atoms with Crippen molar-refractivity contribution in [2.75, 3.05) is 30.9 Å². The average Bonchev–Trinajstić information content (AvgIpc) is 2.59. The molecule has 7 heteroatoms. The summed E-state index contributed by atoms with van der Waals surface area (Å²) in [4.78, 5) is 25.9. The van der Waals surface area contributed by atoms with Crippen LogP contribution in [0.4, 0.5) is 16.2 Å². The lowest BCUT2D eigenvalue weighted by Crippen LogP contribution is -2.43. The number of urea groups is 1. The van der Waals surface area contributed by atoms with Gasteiger partial charge in [0.15, 0.2) is 0 Å². The van der Waals surface area contributed by atoms with E-state index in [1.807, 2.05) is 31.1 Å². The van der Waals surface area contributed by atoms with Crippen LogP contribution < -0.4 is 20.9 Å². The molecule has 0 bridgehead atoms. The number of para-hydroxylation sites is 1. The summed E-state index contributed by atoms with van der Waals surface area (Å²) in [6.45, 7) is 0.474. The maximum Gasteiger partial charge on any atom is 0.315 e. The molecule has 1 fully saturated rings. The number of amides is 3. The number of anilines is 2. The minimum absolute atomic E-state index is 0.0927. The lowest BCUT2D eigenvalue weighted by Gasteiger charge is -2.22. The predicted molar refractivity (Wildman–Crippen MR) is 107 cm³/mol. The van der Waals surface area contributed by atoms with E-state index in [0.717, 1.165) is 18.5 Å². The third kappa shape index (κ3) is 6.41. The number of nitrogens with one attached hydrogen (secondary N) is 3. The first-order valence-electron chi connectivity index (χ1n) is 9.27. The molecule has 144 valence electrons. The van der Waals surface area contributed by atoms with Crippen molar-refractivity contribution in [1.82, 2.24) is 10.6 Å². The molecule has 2 rings (SSSR count). The quantitative estimate of drug-likeness (QED) is 0.630. The van der Waals surface area contributed by atoms with Gasteiger partial charge in [-0.1, -0.05) is 36.9 Å². The summed E-state index contributed by atoms with van der Waals surface area (Å²) in [5.74, 6) is -0.0927. The van der Waals surface area contributed by atoms with E-state index in [1.165, 1.54) is 19.3 Å². The second kappa shape index (κ2) is 10.3. The van der Waals surface area contributed by atoms with Crippen LogP contribution >= 0.6 is 11.6 Å². The van der Waals surface area contributed by atoms with E-state index in [9.17, 15) is 9.59 Å². The molecule has 1 saturated carbocycles. The monoisotopic (exact) mass is 380 g/mol. The fourth-order valence-corrected chi connectivity index (χ4v) is 3.56. The zero-order chi connectivity index (χ0) is 18.9. The molecule has 0 radical (unpaired) electrons. The molecular formula is C19H29ClN4O2. The Morgan fingerprint density at radius 1 is 1.19 bits per heavy atom. The van der Waals surface area contributed by atoms with Crippen LogP contribution in [0, 0.1) is 0 Å². The zero-order valence-electron chi connectivity index (χ0n) is 15.6. The van der Waals surface area contributed by atoms with Gasteiger partial charge in [-0.15, -0.1) is 0 Å². The summed E-state index contributed by atoms with van der Waals surface area (Å²) >= 11 is 6.20. The Labute approximate surface area is 160 Å². The largest absolute Gasteiger partial charge is 0.375 e. The number of halogens is 1. The molecule has 3 amide bonds. The molecule has 0 heterocycles. The van der Waals surface area contributed by atoms with Crippen LogP contribution in [0.15, 0.2) is 18.2 Å². The van der Waals surface area contributed by atoms with Crippen LogP contribution in [0.25, 0.3) is 0 Å². The van der Waals surface area contributed by atoms with E-state index in [0.29, 0.717) is 36.1 Å². The number of carbonyl (C=O) groups excluding carboxylic acids is 2. The van der Waals surface area contributed by atoms with Gasteiger partial charge in [-0.2, -0.15) is 0 Å². The first kappa shape index (κ1) is 20.4. The van der Waals surface area contributed by atoms with E-state index in [2.05, 4.69) is 16.0 Å². The van der Waals surface area contributed by atoms with Crippen molar-refractivity contribution in [3.8, 4) is 0 Å². The number of carbonyl (C=O) groups is 2. The number of rotatable bonds is 7. The van der Waals surface area contributed by atoms with Crippen molar-refractivity contribution in [3.05, 3.63) is 23.2 Å². The first-order valence-corrected chi connectivity index (χ1v) is 9.65. The van der Waals surface area contributed by atoms with Crippen LogP contribution in [0.3, 0.4) is 0 Å². The van der Waals surface area contributed by atoms with Crippen molar-refractivity contribution < 1.29 is 9.59 Å². The van der Waals surface area contributed by atoms with Gasteiger partial charge in [-0.3, -0.25) is 4.79 Å². The Morgan fingerprint density at radius 3 is 2.62 bits per heavy atom. The Bertz CT molecular complexity index is 616. The molecule has 1 aromatic carbocycles. The van der Waals surface area contributed by atoms with Crippen LogP contribution in [-0.4, -0.2) is 38.6 Å². The van der Waals surface area contributed by atoms with Crippen molar-refractivity contribution in [2.45, 2.75) is 51.0 Å². The summed E-state index contributed by atoms with van der Waals surface area (Å²) in [6, 6.07) is 5.58. The third-order valence-electron chi connectivity index (χ3n) is 4.51. The first-order chi connectivity index (χ1) is 12.5. The highest BCUT2D eigenvalue weighted by Gasteiger charge is 2.15. The van der Waals surface area contributed by atoms with Gasteiger partial charge >= 0.3 is 6.03 Å². The van der Waals surface area contributed by atoms with Gasteiger partial charge < -0.3 is 20.9 Å². The van der Waals surface area contributed by atoms with Gasteiger partial charge in [0.25, 0.3) is 0 Å². The van der Waals surface area contributed by atoms with Gasteiger partial charge in [-0.05, 0) is 31.4 Å². The predicted octanol–water partition coefficient (Wildman–Crippen LogP) is 3.76. The highest BCUT2D eigenvalue weighted by molar-refractivity contribution is 6.34. The Balaban J connectivity index is 1.69. The summed E-state index contributed by atoms with van der Waals surface area (Å²) in [5.41, 5.74) is 1.48. The van der Waals surface area contributed by atoms with E-state index in [4.69, 9.17) is 11.6 Å². The lowest BCUT2D eigenvalue weighted by molar-refractivity contribution is -0.116. The number of hydrogen-bond acceptors (Lipinski definition) is 3. The minimum Gasteiger partial charge on any atom is -0.375 e. The molecule has 0 saturated heterocycles. The molecule has 0 aliphatic heterocycles. The van der Waals surface area contributed by atoms with Gasteiger partial charge in [0.2, 0.25) is 5.91 Å². The zero-order valence-corrected chi connectivity index (χ0v) is 16.4. The molecule has 0 aromatic heterocycles. The summed E-state index contributed by atoms with van der Waals surface area (Å²) < 4.78 is 0. The second-order valence-electron chi connectivity index (χ2n) is 6.92. The van der Waals surface area contributed by atoms with Crippen molar-refractivity contribution in [2.24, 2.45) is 0 Å².